The molecule has 0 saturated carbocycles. The highest BCUT2D eigenvalue weighted by Crippen LogP contribution is 2.25. The minimum Gasteiger partial charge on any atom is -0.497 e. The van der Waals surface area contributed by atoms with Crippen molar-refractivity contribution >= 4 is 11.8 Å². The fourth-order valence-corrected chi connectivity index (χ4v) is 2.41. The molecule has 6 nitrogen and oxygen atoms in total. The highest BCUT2D eigenvalue weighted by Gasteiger charge is 2.22. The molecule has 1 heterocycles. The van der Waals surface area contributed by atoms with Gasteiger partial charge in [0.2, 0.25) is 5.78 Å². The molecule has 2 rings (SSSR count). The topological polar surface area (TPSA) is 75.0 Å². The van der Waals surface area contributed by atoms with Crippen LogP contribution < -0.4 is 9.47 Å². The monoisotopic (exact) mass is 332 g/mol. The standard InChI is InChI=1S/C18H20O6/c1-10-11(2)24-12(3)17(10)18(20)23-9-15(19)14-8-13(21-4)6-7-16(14)22-5/h6-8H,9H2,1-5H3. The first-order valence-corrected chi connectivity index (χ1v) is 7.38. The normalized spacial score (nSPS) is 10.4. The third-order valence-electron chi connectivity index (χ3n) is 3.81. The molecular weight excluding hydrogens is 312 g/mol. The van der Waals surface area contributed by atoms with Crippen molar-refractivity contribution in [2.45, 2.75) is 20.8 Å². The van der Waals surface area contributed by atoms with Crippen LogP contribution in [-0.2, 0) is 4.74 Å². The molecule has 2 aromatic rings. The molecule has 0 bridgehead atoms. The molecule has 0 aliphatic carbocycles. The molecule has 24 heavy (non-hydrogen) atoms. The smallest absolute Gasteiger partial charge is 0.342 e. The van der Waals surface area contributed by atoms with Gasteiger partial charge in [-0.25, -0.2) is 4.79 Å². The highest BCUT2D eigenvalue weighted by molar-refractivity contribution is 6.02. The van der Waals surface area contributed by atoms with Crippen LogP contribution in [0, 0.1) is 20.8 Å². The molecule has 1 aromatic heterocycles. The van der Waals surface area contributed by atoms with Crippen molar-refractivity contribution in [1.29, 1.82) is 0 Å². The van der Waals surface area contributed by atoms with Crippen molar-refractivity contribution < 1.29 is 28.2 Å². The number of hydrogen-bond acceptors (Lipinski definition) is 6. The first-order chi connectivity index (χ1) is 11.4. The Labute approximate surface area is 140 Å². The van der Waals surface area contributed by atoms with Crippen LogP contribution >= 0.6 is 0 Å². The van der Waals surface area contributed by atoms with Crippen LogP contribution in [-0.4, -0.2) is 32.6 Å². The van der Waals surface area contributed by atoms with E-state index in [4.69, 9.17) is 18.6 Å². The zero-order chi connectivity index (χ0) is 17.9. The predicted molar refractivity (Wildman–Crippen MR) is 87.1 cm³/mol. The number of rotatable bonds is 6. The van der Waals surface area contributed by atoms with Gasteiger partial charge in [0, 0.05) is 5.56 Å². The number of methoxy groups -OCH3 is 2. The second-order valence-electron chi connectivity index (χ2n) is 5.28. The SMILES string of the molecule is COc1ccc(OC)c(C(=O)COC(=O)c2c(C)oc(C)c2C)c1. The van der Waals surface area contributed by atoms with E-state index in [-0.39, 0.29) is 5.78 Å². The Hall–Kier alpha value is -2.76. The predicted octanol–water partition coefficient (Wildman–Crippen LogP) is 3.26. The van der Waals surface area contributed by atoms with Gasteiger partial charge in [0.25, 0.3) is 0 Å². The Morgan fingerprint density at radius 1 is 1.04 bits per heavy atom. The van der Waals surface area contributed by atoms with Gasteiger partial charge in [0.05, 0.1) is 19.8 Å². The number of benzene rings is 1. The van der Waals surface area contributed by atoms with E-state index in [1.54, 1.807) is 39.0 Å². The fraction of sp³-hybridized carbons (Fsp3) is 0.333. The molecule has 1 aromatic carbocycles. The van der Waals surface area contributed by atoms with E-state index in [0.717, 1.165) is 0 Å². The zero-order valence-corrected chi connectivity index (χ0v) is 14.4. The van der Waals surface area contributed by atoms with Crippen molar-refractivity contribution in [3.8, 4) is 11.5 Å². The molecule has 0 radical (unpaired) electrons. The molecule has 0 unspecified atom stereocenters. The lowest BCUT2D eigenvalue weighted by atomic mass is 10.1. The van der Waals surface area contributed by atoms with Crippen LogP contribution in [0.1, 0.15) is 37.8 Å². The second kappa shape index (κ2) is 7.21. The van der Waals surface area contributed by atoms with Crippen molar-refractivity contribution in [2.75, 3.05) is 20.8 Å². The maximum atomic E-state index is 12.4. The molecule has 0 saturated heterocycles. The Morgan fingerprint density at radius 2 is 1.75 bits per heavy atom. The average Bonchev–Trinajstić information content (AvgIpc) is 2.84. The number of hydrogen-bond donors (Lipinski definition) is 0. The molecule has 6 heteroatoms. The minimum absolute atomic E-state index is 0.293. The summed E-state index contributed by atoms with van der Waals surface area (Å²) in [6.07, 6.45) is 0. The summed E-state index contributed by atoms with van der Waals surface area (Å²) in [7, 11) is 2.97. The van der Waals surface area contributed by atoms with Crippen molar-refractivity contribution in [3.05, 3.63) is 46.4 Å². The van der Waals surface area contributed by atoms with Gasteiger partial charge in [-0.15, -0.1) is 0 Å². The van der Waals surface area contributed by atoms with Crippen molar-refractivity contribution in [2.24, 2.45) is 0 Å². The van der Waals surface area contributed by atoms with E-state index in [1.807, 2.05) is 0 Å². The van der Waals surface area contributed by atoms with E-state index >= 15 is 0 Å². The van der Waals surface area contributed by atoms with E-state index in [2.05, 4.69) is 0 Å². The largest absolute Gasteiger partial charge is 0.497 e. The van der Waals surface area contributed by atoms with Gasteiger partial charge in [-0.1, -0.05) is 0 Å². The summed E-state index contributed by atoms with van der Waals surface area (Å²) in [6, 6.07) is 4.86. The third kappa shape index (κ3) is 3.42. The lowest BCUT2D eigenvalue weighted by molar-refractivity contribution is 0.0471. The van der Waals surface area contributed by atoms with E-state index in [0.29, 0.717) is 39.7 Å². The van der Waals surface area contributed by atoms with Crippen LogP contribution in [0.25, 0.3) is 0 Å². The first-order valence-electron chi connectivity index (χ1n) is 7.38. The molecule has 0 fully saturated rings. The maximum Gasteiger partial charge on any atom is 0.342 e. The number of carbonyl (C=O) groups excluding carboxylic acids is 2. The number of furan rings is 1. The molecule has 0 aliphatic heterocycles. The van der Waals surface area contributed by atoms with Crippen LogP contribution in [0.15, 0.2) is 22.6 Å². The van der Waals surface area contributed by atoms with Crippen molar-refractivity contribution in [3.63, 3.8) is 0 Å². The number of ether oxygens (including phenoxy) is 3. The van der Waals surface area contributed by atoms with Gasteiger partial charge in [0.15, 0.2) is 6.61 Å². The number of Topliss-reactive ketones (excluding diaryl/α,β-unsaturated/α-hetero) is 1. The third-order valence-corrected chi connectivity index (χ3v) is 3.81. The van der Waals surface area contributed by atoms with Gasteiger partial charge in [-0.2, -0.15) is 0 Å². The average molecular weight is 332 g/mol. The van der Waals surface area contributed by atoms with E-state index in [1.165, 1.54) is 14.2 Å². The van der Waals surface area contributed by atoms with Gasteiger partial charge in [0.1, 0.15) is 28.6 Å². The molecular formula is C18H20O6. The highest BCUT2D eigenvalue weighted by atomic mass is 16.5. The molecule has 128 valence electrons. The van der Waals surface area contributed by atoms with E-state index < -0.39 is 12.6 Å². The summed E-state index contributed by atoms with van der Waals surface area (Å²) in [6.45, 7) is 4.83. The number of esters is 1. The van der Waals surface area contributed by atoms with E-state index in [9.17, 15) is 9.59 Å². The van der Waals surface area contributed by atoms with Gasteiger partial charge < -0.3 is 18.6 Å². The van der Waals surface area contributed by atoms with Gasteiger partial charge in [-0.05, 0) is 39.0 Å². The molecule has 0 spiro atoms. The second-order valence-corrected chi connectivity index (χ2v) is 5.28. The summed E-state index contributed by atoms with van der Waals surface area (Å²) in [4.78, 5) is 24.6. The maximum absolute atomic E-state index is 12.4. The fourth-order valence-electron chi connectivity index (χ4n) is 2.41. The quantitative estimate of drug-likeness (QED) is 0.597. The van der Waals surface area contributed by atoms with Crippen LogP contribution in [0.4, 0.5) is 0 Å². The number of ketones is 1. The molecule has 0 aliphatic rings. The van der Waals surface area contributed by atoms with Gasteiger partial charge in [-0.3, -0.25) is 4.79 Å². The number of aryl methyl sites for hydroxylation is 2. The Balaban J connectivity index is 2.14. The first kappa shape index (κ1) is 17.6. The lowest BCUT2D eigenvalue weighted by Crippen LogP contribution is -2.16. The Kier molecular flexibility index (Phi) is 5.28. The van der Waals surface area contributed by atoms with Crippen LogP contribution in [0.3, 0.4) is 0 Å². The van der Waals surface area contributed by atoms with Crippen LogP contribution in [0.2, 0.25) is 0 Å². The number of carbonyl (C=O) groups is 2. The zero-order valence-electron chi connectivity index (χ0n) is 14.4. The van der Waals surface area contributed by atoms with Crippen LogP contribution in [0.5, 0.6) is 11.5 Å². The minimum atomic E-state index is -0.586. The summed E-state index contributed by atoms with van der Waals surface area (Å²) < 4.78 is 20.8. The lowest BCUT2D eigenvalue weighted by Gasteiger charge is -2.10. The summed E-state index contributed by atoms with van der Waals surface area (Å²) in [5.41, 5.74) is 1.36. The molecule has 0 amide bonds. The van der Waals surface area contributed by atoms with Gasteiger partial charge >= 0.3 is 5.97 Å². The summed E-state index contributed by atoms with van der Waals surface area (Å²) in [5.74, 6) is 1.07. The summed E-state index contributed by atoms with van der Waals surface area (Å²) in [5, 5.41) is 0. The molecule has 0 atom stereocenters. The summed E-state index contributed by atoms with van der Waals surface area (Å²) >= 11 is 0. The molecule has 0 N–H and O–H groups in total. The Morgan fingerprint density at radius 3 is 2.29 bits per heavy atom. The van der Waals surface area contributed by atoms with Crippen molar-refractivity contribution in [1.82, 2.24) is 0 Å². The Bertz CT molecular complexity index is 772.